The molecule has 0 amide bonds. The average Bonchev–Trinajstić information content (AvgIpc) is 3.08. The lowest BCUT2D eigenvalue weighted by atomic mass is 9.96. The minimum absolute atomic E-state index is 0.0511. The normalized spacial score (nSPS) is 12.0. The summed E-state index contributed by atoms with van der Waals surface area (Å²) >= 11 is 0. The predicted molar refractivity (Wildman–Crippen MR) is 91.4 cm³/mol. The van der Waals surface area contributed by atoms with Gasteiger partial charge in [0.15, 0.2) is 12.4 Å². The van der Waals surface area contributed by atoms with Crippen molar-refractivity contribution >= 4 is 16.0 Å². The Kier molecular flexibility index (Phi) is 5.67. The van der Waals surface area contributed by atoms with Gasteiger partial charge >= 0.3 is 5.97 Å². The number of hydrogen-bond donors (Lipinski definition) is 1. The molecule has 0 aliphatic carbocycles. The SMILES string of the molecule is CNS(=O)(=O)c1cc(C(=O)OCc2nc(C(C)(C)C)no2)ccc1OC. The lowest BCUT2D eigenvalue weighted by molar-refractivity contribution is 0.0429. The van der Waals surface area contributed by atoms with Crippen LogP contribution in [-0.4, -0.2) is 38.7 Å². The van der Waals surface area contributed by atoms with Crippen molar-refractivity contribution in [1.29, 1.82) is 0 Å². The van der Waals surface area contributed by atoms with Gasteiger partial charge in [-0.25, -0.2) is 17.9 Å². The molecule has 2 aromatic rings. The number of ether oxygens (including phenoxy) is 2. The van der Waals surface area contributed by atoms with E-state index in [4.69, 9.17) is 14.0 Å². The Bertz CT molecular complexity index is 899. The fourth-order valence-electron chi connectivity index (χ4n) is 1.95. The van der Waals surface area contributed by atoms with Gasteiger partial charge in [-0.2, -0.15) is 4.98 Å². The van der Waals surface area contributed by atoms with Gasteiger partial charge in [0, 0.05) is 5.41 Å². The maximum absolute atomic E-state index is 12.2. The summed E-state index contributed by atoms with van der Waals surface area (Å²) in [7, 11) is -1.20. The minimum Gasteiger partial charge on any atom is -0.495 e. The average molecular weight is 383 g/mol. The number of nitrogens with one attached hydrogen (secondary N) is 1. The number of methoxy groups -OCH3 is 1. The van der Waals surface area contributed by atoms with Gasteiger partial charge in [0.2, 0.25) is 10.0 Å². The molecule has 0 atom stereocenters. The van der Waals surface area contributed by atoms with Crippen LogP contribution in [0, 0.1) is 0 Å². The van der Waals surface area contributed by atoms with Gasteiger partial charge in [-0.15, -0.1) is 0 Å². The highest BCUT2D eigenvalue weighted by Gasteiger charge is 2.23. The van der Waals surface area contributed by atoms with E-state index in [0.717, 1.165) is 0 Å². The van der Waals surface area contributed by atoms with Gasteiger partial charge in [0.1, 0.15) is 10.6 Å². The number of nitrogens with zero attached hydrogens (tertiary/aromatic N) is 2. The van der Waals surface area contributed by atoms with Gasteiger partial charge in [0.05, 0.1) is 12.7 Å². The third-order valence-electron chi connectivity index (χ3n) is 3.42. The Morgan fingerprint density at radius 3 is 2.54 bits per heavy atom. The van der Waals surface area contributed by atoms with Gasteiger partial charge < -0.3 is 14.0 Å². The Labute approximate surface area is 151 Å². The fourth-order valence-corrected chi connectivity index (χ4v) is 2.87. The van der Waals surface area contributed by atoms with Crippen molar-refractivity contribution < 1.29 is 27.2 Å². The number of hydrogen-bond acceptors (Lipinski definition) is 8. The Balaban J connectivity index is 2.17. The fraction of sp³-hybridized carbons (Fsp3) is 0.438. The monoisotopic (exact) mass is 383 g/mol. The molecule has 0 fully saturated rings. The highest BCUT2D eigenvalue weighted by atomic mass is 32.2. The van der Waals surface area contributed by atoms with Crippen molar-refractivity contribution in [2.75, 3.05) is 14.2 Å². The summed E-state index contributed by atoms with van der Waals surface area (Å²) in [6.45, 7) is 5.56. The van der Waals surface area contributed by atoms with Crippen LogP contribution in [-0.2, 0) is 26.8 Å². The summed E-state index contributed by atoms with van der Waals surface area (Å²) in [4.78, 5) is 16.2. The summed E-state index contributed by atoms with van der Waals surface area (Å²) in [5.41, 5.74) is -0.242. The second kappa shape index (κ2) is 7.42. The Hall–Kier alpha value is -2.46. The number of esters is 1. The van der Waals surface area contributed by atoms with E-state index in [2.05, 4.69) is 14.9 Å². The van der Waals surface area contributed by atoms with E-state index in [9.17, 15) is 13.2 Å². The number of rotatable bonds is 6. The standard InChI is InChI=1S/C16H21N3O6S/c1-16(2,3)15-18-13(25-19-15)9-24-14(20)10-6-7-11(23-5)12(8-10)26(21,22)17-4/h6-8,17H,9H2,1-5H3. The molecule has 142 valence electrons. The molecule has 0 saturated heterocycles. The van der Waals surface area contributed by atoms with Gasteiger partial charge in [-0.3, -0.25) is 0 Å². The third kappa shape index (κ3) is 4.38. The van der Waals surface area contributed by atoms with Crippen molar-refractivity contribution in [3.8, 4) is 5.75 Å². The van der Waals surface area contributed by atoms with Gasteiger partial charge in [-0.05, 0) is 25.2 Å². The molecule has 1 aromatic carbocycles. The number of aromatic nitrogens is 2. The number of carbonyl (C=O) groups excluding carboxylic acids is 1. The second-order valence-corrected chi connectivity index (χ2v) is 8.27. The molecule has 0 spiro atoms. The lowest BCUT2D eigenvalue weighted by Crippen LogP contribution is -2.20. The van der Waals surface area contributed by atoms with E-state index in [0.29, 0.717) is 5.82 Å². The van der Waals surface area contributed by atoms with Crippen molar-refractivity contribution in [2.24, 2.45) is 0 Å². The lowest BCUT2D eigenvalue weighted by Gasteiger charge is -2.11. The largest absolute Gasteiger partial charge is 0.495 e. The first kappa shape index (κ1) is 19.9. The van der Waals surface area contributed by atoms with Crippen molar-refractivity contribution in [1.82, 2.24) is 14.9 Å². The van der Waals surface area contributed by atoms with Crippen molar-refractivity contribution in [3.63, 3.8) is 0 Å². The first-order valence-electron chi connectivity index (χ1n) is 7.70. The van der Waals surface area contributed by atoms with Crippen LogP contribution in [0.4, 0.5) is 0 Å². The molecule has 1 heterocycles. The molecule has 0 aliphatic rings. The topological polar surface area (TPSA) is 121 Å². The van der Waals surface area contributed by atoms with E-state index >= 15 is 0 Å². The van der Waals surface area contributed by atoms with Crippen LogP contribution in [0.1, 0.15) is 42.8 Å². The molecule has 1 N–H and O–H groups in total. The molecule has 0 unspecified atom stereocenters. The summed E-state index contributed by atoms with van der Waals surface area (Å²) in [5.74, 6) is 0.0357. The van der Waals surface area contributed by atoms with E-state index in [-0.39, 0.29) is 34.1 Å². The first-order valence-corrected chi connectivity index (χ1v) is 9.18. The molecule has 26 heavy (non-hydrogen) atoms. The van der Waals surface area contributed by atoms with Gasteiger partial charge in [-0.1, -0.05) is 25.9 Å². The van der Waals surface area contributed by atoms with Gasteiger partial charge in [0.25, 0.3) is 5.89 Å². The van der Waals surface area contributed by atoms with Crippen molar-refractivity contribution in [2.45, 2.75) is 37.7 Å². The zero-order valence-electron chi connectivity index (χ0n) is 15.2. The van der Waals surface area contributed by atoms with Crippen LogP contribution in [0.15, 0.2) is 27.6 Å². The highest BCUT2D eigenvalue weighted by molar-refractivity contribution is 7.89. The Morgan fingerprint density at radius 2 is 2.00 bits per heavy atom. The molecule has 0 radical (unpaired) electrons. The summed E-state index contributed by atoms with van der Waals surface area (Å²) in [5, 5.41) is 3.84. The van der Waals surface area contributed by atoms with Crippen molar-refractivity contribution in [3.05, 3.63) is 35.5 Å². The highest BCUT2D eigenvalue weighted by Crippen LogP contribution is 2.25. The van der Waals surface area contributed by atoms with Crippen LogP contribution in [0.2, 0.25) is 0 Å². The summed E-state index contributed by atoms with van der Waals surface area (Å²) < 4.78 is 41.5. The van der Waals surface area contributed by atoms with E-state index in [1.54, 1.807) is 0 Å². The zero-order chi connectivity index (χ0) is 19.5. The van der Waals surface area contributed by atoms with E-state index < -0.39 is 16.0 Å². The van der Waals surface area contributed by atoms with Crippen LogP contribution >= 0.6 is 0 Å². The third-order valence-corrected chi connectivity index (χ3v) is 4.86. The predicted octanol–water partition coefficient (Wildman–Crippen LogP) is 1.64. The molecular weight excluding hydrogens is 362 g/mol. The molecule has 10 heteroatoms. The minimum atomic E-state index is -3.80. The molecule has 0 bridgehead atoms. The maximum Gasteiger partial charge on any atom is 0.338 e. The molecule has 9 nitrogen and oxygen atoms in total. The Morgan fingerprint density at radius 1 is 1.31 bits per heavy atom. The smallest absolute Gasteiger partial charge is 0.338 e. The number of benzene rings is 1. The quantitative estimate of drug-likeness (QED) is 0.747. The molecule has 0 saturated carbocycles. The maximum atomic E-state index is 12.2. The van der Waals surface area contributed by atoms with Crippen LogP contribution in [0.3, 0.4) is 0 Å². The molecule has 2 rings (SSSR count). The second-order valence-electron chi connectivity index (χ2n) is 6.41. The molecule has 0 aliphatic heterocycles. The summed E-state index contributed by atoms with van der Waals surface area (Å²) in [6, 6.07) is 3.97. The van der Waals surface area contributed by atoms with E-state index in [1.165, 1.54) is 32.4 Å². The molecule has 1 aromatic heterocycles. The van der Waals surface area contributed by atoms with Crippen LogP contribution in [0.25, 0.3) is 0 Å². The molecular formula is C16H21N3O6S. The zero-order valence-corrected chi connectivity index (χ0v) is 16.0. The van der Waals surface area contributed by atoms with E-state index in [1.807, 2.05) is 20.8 Å². The number of carbonyl (C=O) groups is 1. The summed E-state index contributed by atoms with van der Waals surface area (Å²) in [6.07, 6.45) is 0. The number of sulfonamides is 1. The van der Waals surface area contributed by atoms with Crippen LogP contribution in [0.5, 0.6) is 5.75 Å². The first-order chi connectivity index (χ1) is 12.1. The van der Waals surface area contributed by atoms with Crippen LogP contribution < -0.4 is 9.46 Å².